The maximum Gasteiger partial charge on any atom is 0.271 e. The van der Waals surface area contributed by atoms with E-state index in [0.29, 0.717) is 6.29 Å². The third-order valence-electron chi connectivity index (χ3n) is 2.16. The molecule has 0 amide bonds. The molecule has 0 saturated carbocycles. The van der Waals surface area contributed by atoms with Gasteiger partial charge in [-0.05, 0) is 12.1 Å². The molecule has 1 aromatic rings. The zero-order valence-electron chi connectivity index (χ0n) is 9.21. The molecule has 0 saturated heterocycles. The Hall–Kier alpha value is -1.65. The fraction of sp³-hybridized carbons (Fsp3) is 0.364. The van der Waals surface area contributed by atoms with Gasteiger partial charge in [-0.2, -0.15) is 0 Å². The van der Waals surface area contributed by atoms with Crippen LogP contribution in [0.5, 0.6) is 11.5 Å². The number of halogens is 2. The lowest BCUT2D eigenvalue weighted by Crippen LogP contribution is -2.11. The summed E-state index contributed by atoms with van der Waals surface area (Å²) >= 11 is 0. The van der Waals surface area contributed by atoms with Crippen LogP contribution in [0.25, 0.3) is 0 Å². The number of aldehydes is 1. The standard InChI is InChI=1S/C11H12F2O3/c1-11(12,13)8-5-10(16-3)9(15-2)4-7(8)6-14/h4-6H,1-3H3. The number of ether oxygens (including phenoxy) is 2. The molecule has 0 radical (unpaired) electrons. The Labute approximate surface area is 92.0 Å². The highest BCUT2D eigenvalue weighted by molar-refractivity contribution is 5.79. The summed E-state index contributed by atoms with van der Waals surface area (Å²) in [5, 5.41) is 0. The van der Waals surface area contributed by atoms with Crippen molar-refractivity contribution in [1.29, 1.82) is 0 Å². The molecule has 0 aliphatic carbocycles. The van der Waals surface area contributed by atoms with Crippen LogP contribution in [0, 0.1) is 0 Å². The van der Waals surface area contributed by atoms with Gasteiger partial charge in [-0.25, -0.2) is 8.78 Å². The van der Waals surface area contributed by atoms with E-state index in [9.17, 15) is 13.6 Å². The van der Waals surface area contributed by atoms with E-state index in [1.54, 1.807) is 0 Å². The van der Waals surface area contributed by atoms with Gasteiger partial charge in [-0.15, -0.1) is 0 Å². The van der Waals surface area contributed by atoms with E-state index in [-0.39, 0.29) is 22.6 Å². The maximum absolute atomic E-state index is 13.2. The van der Waals surface area contributed by atoms with Crippen molar-refractivity contribution in [2.24, 2.45) is 0 Å². The van der Waals surface area contributed by atoms with Crippen LogP contribution in [0.1, 0.15) is 22.8 Å². The predicted octanol–water partition coefficient (Wildman–Crippen LogP) is 2.63. The summed E-state index contributed by atoms with van der Waals surface area (Å²) in [5.74, 6) is -2.68. The quantitative estimate of drug-likeness (QED) is 0.746. The van der Waals surface area contributed by atoms with Crippen molar-refractivity contribution >= 4 is 6.29 Å². The van der Waals surface area contributed by atoms with Gasteiger partial charge in [0.15, 0.2) is 17.8 Å². The first-order valence-electron chi connectivity index (χ1n) is 4.53. The SMILES string of the molecule is COc1cc(C=O)c(C(C)(F)F)cc1OC. The van der Waals surface area contributed by atoms with E-state index in [1.807, 2.05) is 0 Å². The van der Waals surface area contributed by atoms with Crippen LogP contribution < -0.4 is 9.47 Å². The minimum Gasteiger partial charge on any atom is -0.493 e. The fourth-order valence-electron chi connectivity index (χ4n) is 1.37. The van der Waals surface area contributed by atoms with Crippen molar-refractivity contribution in [3.05, 3.63) is 23.3 Å². The number of methoxy groups -OCH3 is 2. The van der Waals surface area contributed by atoms with Crippen molar-refractivity contribution in [2.45, 2.75) is 12.8 Å². The molecule has 0 spiro atoms. The van der Waals surface area contributed by atoms with Crippen LogP contribution in [-0.2, 0) is 5.92 Å². The zero-order valence-corrected chi connectivity index (χ0v) is 9.21. The van der Waals surface area contributed by atoms with Crippen molar-refractivity contribution in [2.75, 3.05) is 14.2 Å². The first-order valence-corrected chi connectivity index (χ1v) is 4.53. The summed E-state index contributed by atoms with van der Waals surface area (Å²) in [6.45, 7) is 0.723. The molecule has 0 aromatic heterocycles. The molecular formula is C11H12F2O3. The van der Waals surface area contributed by atoms with Crippen LogP contribution >= 0.6 is 0 Å². The Kier molecular flexibility index (Phi) is 3.47. The van der Waals surface area contributed by atoms with Gasteiger partial charge < -0.3 is 9.47 Å². The predicted molar refractivity (Wildman–Crippen MR) is 54.5 cm³/mol. The largest absolute Gasteiger partial charge is 0.493 e. The number of alkyl halides is 2. The van der Waals surface area contributed by atoms with Crippen molar-refractivity contribution in [3.63, 3.8) is 0 Å². The molecule has 0 aliphatic rings. The van der Waals surface area contributed by atoms with Gasteiger partial charge in [0.25, 0.3) is 5.92 Å². The summed E-state index contributed by atoms with van der Waals surface area (Å²) in [4.78, 5) is 10.7. The molecule has 16 heavy (non-hydrogen) atoms. The first kappa shape index (κ1) is 12.4. The number of hydrogen-bond donors (Lipinski definition) is 0. The van der Waals surface area contributed by atoms with E-state index in [1.165, 1.54) is 20.3 Å². The van der Waals surface area contributed by atoms with Crippen LogP contribution in [0.4, 0.5) is 8.78 Å². The molecule has 3 nitrogen and oxygen atoms in total. The number of carbonyl (C=O) groups is 1. The van der Waals surface area contributed by atoms with Gasteiger partial charge in [-0.3, -0.25) is 4.79 Å². The highest BCUT2D eigenvalue weighted by Gasteiger charge is 2.29. The van der Waals surface area contributed by atoms with Gasteiger partial charge in [0.2, 0.25) is 0 Å². The van der Waals surface area contributed by atoms with Crippen molar-refractivity contribution < 1.29 is 23.0 Å². The molecule has 0 N–H and O–H groups in total. The Morgan fingerprint density at radius 3 is 2.06 bits per heavy atom. The molecule has 1 rings (SSSR count). The van der Waals surface area contributed by atoms with E-state index in [2.05, 4.69) is 0 Å². The fourth-order valence-corrected chi connectivity index (χ4v) is 1.37. The Balaban J connectivity index is 3.43. The molecular weight excluding hydrogens is 218 g/mol. The summed E-state index contributed by atoms with van der Waals surface area (Å²) in [7, 11) is 2.71. The topological polar surface area (TPSA) is 35.5 Å². The lowest BCUT2D eigenvalue weighted by Gasteiger charge is -2.16. The van der Waals surface area contributed by atoms with Gasteiger partial charge in [0, 0.05) is 18.1 Å². The molecule has 0 unspecified atom stereocenters. The first-order chi connectivity index (χ1) is 7.43. The number of carbonyl (C=O) groups excluding carboxylic acids is 1. The van der Waals surface area contributed by atoms with Crippen LogP contribution in [0.2, 0.25) is 0 Å². The normalized spacial score (nSPS) is 11.1. The lowest BCUT2D eigenvalue weighted by molar-refractivity contribution is 0.0165. The molecule has 0 aliphatic heterocycles. The molecule has 0 fully saturated rings. The minimum atomic E-state index is -3.10. The second-order valence-electron chi connectivity index (χ2n) is 3.30. The molecule has 88 valence electrons. The molecule has 5 heteroatoms. The molecule has 0 bridgehead atoms. The highest BCUT2D eigenvalue weighted by Crippen LogP contribution is 2.37. The number of benzene rings is 1. The minimum absolute atomic E-state index is 0.106. The molecule has 0 heterocycles. The van der Waals surface area contributed by atoms with E-state index in [0.717, 1.165) is 13.0 Å². The summed E-state index contributed by atoms with van der Waals surface area (Å²) < 4.78 is 36.2. The van der Waals surface area contributed by atoms with Crippen molar-refractivity contribution in [1.82, 2.24) is 0 Å². The van der Waals surface area contributed by atoms with E-state index in [4.69, 9.17) is 9.47 Å². The van der Waals surface area contributed by atoms with Crippen LogP contribution in [-0.4, -0.2) is 20.5 Å². The van der Waals surface area contributed by atoms with E-state index >= 15 is 0 Å². The lowest BCUT2D eigenvalue weighted by atomic mass is 10.0. The third kappa shape index (κ3) is 2.29. The molecule has 0 atom stereocenters. The monoisotopic (exact) mass is 230 g/mol. The summed E-state index contributed by atoms with van der Waals surface area (Å²) in [6.07, 6.45) is 0.370. The average Bonchev–Trinajstić information content (AvgIpc) is 2.25. The maximum atomic E-state index is 13.2. The smallest absolute Gasteiger partial charge is 0.271 e. The number of hydrogen-bond acceptors (Lipinski definition) is 3. The second-order valence-corrected chi connectivity index (χ2v) is 3.30. The van der Waals surface area contributed by atoms with Gasteiger partial charge in [-0.1, -0.05) is 0 Å². The average molecular weight is 230 g/mol. The van der Waals surface area contributed by atoms with E-state index < -0.39 is 5.92 Å². The van der Waals surface area contributed by atoms with Gasteiger partial charge in [0.05, 0.1) is 14.2 Å². The van der Waals surface area contributed by atoms with Crippen LogP contribution in [0.15, 0.2) is 12.1 Å². The van der Waals surface area contributed by atoms with Gasteiger partial charge in [0.1, 0.15) is 0 Å². The highest BCUT2D eigenvalue weighted by atomic mass is 19.3. The van der Waals surface area contributed by atoms with Crippen molar-refractivity contribution in [3.8, 4) is 11.5 Å². The zero-order chi connectivity index (χ0) is 12.3. The second kappa shape index (κ2) is 4.47. The number of rotatable bonds is 4. The Bertz CT molecular complexity index is 397. The molecule has 1 aromatic carbocycles. The third-order valence-corrected chi connectivity index (χ3v) is 2.16. The Morgan fingerprint density at radius 1 is 1.19 bits per heavy atom. The van der Waals surface area contributed by atoms with Crippen LogP contribution in [0.3, 0.4) is 0 Å². The Morgan fingerprint density at radius 2 is 1.69 bits per heavy atom. The van der Waals surface area contributed by atoms with Gasteiger partial charge >= 0.3 is 0 Å². The summed E-state index contributed by atoms with van der Waals surface area (Å²) in [5.41, 5.74) is -0.481. The summed E-state index contributed by atoms with van der Waals surface area (Å²) in [6, 6.07) is 2.35.